The summed E-state index contributed by atoms with van der Waals surface area (Å²) >= 11 is 0. The molecule has 0 spiro atoms. The molecule has 16 heteroatoms. The smallest absolute Gasteiger partial charge is 0.407 e. The lowest BCUT2D eigenvalue weighted by Gasteiger charge is -2.28. The third-order valence-electron chi connectivity index (χ3n) is 8.20. The van der Waals surface area contributed by atoms with Gasteiger partial charge in [0.2, 0.25) is 0 Å². The van der Waals surface area contributed by atoms with Crippen LogP contribution in [-0.2, 0) is 37.6 Å². The van der Waals surface area contributed by atoms with Crippen molar-refractivity contribution in [3.05, 3.63) is 96.1 Å². The number of methoxy groups -OCH3 is 2. The number of fused-ring (bicyclic) bond motifs is 2. The number of hydrogen-bond acceptors (Lipinski definition) is 11. The second-order valence-corrected chi connectivity index (χ2v) is 15.0. The number of hydrogen-bond donors (Lipinski definition) is 4. The fraction of sp³-hybridized carbons (Fsp3) is 0.306. The monoisotopic (exact) mass is 754 g/mol. The second kappa shape index (κ2) is 16.9. The quantitative estimate of drug-likeness (QED) is 0.169. The highest BCUT2D eigenvalue weighted by molar-refractivity contribution is 7.93. The lowest BCUT2D eigenvalue weighted by molar-refractivity contribution is 0.139. The van der Waals surface area contributed by atoms with Crippen LogP contribution in [0.3, 0.4) is 0 Å². The summed E-state index contributed by atoms with van der Waals surface area (Å²) in [4.78, 5) is 11.8. The molecular formula is C36H42N4O10S2. The summed E-state index contributed by atoms with van der Waals surface area (Å²) in [6, 6.07) is 23.3. The molecule has 0 saturated heterocycles. The van der Waals surface area contributed by atoms with Crippen molar-refractivity contribution >= 4 is 37.5 Å². The summed E-state index contributed by atoms with van der Waals surface area (Å²) in [6.45, 7) is 2.50. The summed E-state index contributed by atoms with van der Waals surface area (Å²) in [5.41, 5.74) is 2.29. The predicted octanol–water partition coefficient (Wildman–Crippen LogP) is 4.56. The molecule has 2 atom stereocenters. The lowest BCUT2D eigenvalue weighted by atomic mass is 10.0. The Morgan fingerprint density at radius 3 is 1.56 bits per heavy atom. The van der Waals surface area contributed by atoms with Crippen LogP contribution in [0.1, 0.15) is 18.1 Å². The van der Waals surface area contributed by atoms with Crippen LogP contribution < -0.4 is 39.0 Å². The number of carbonyl (C=O) groups excluding carboxylic acids is 1. The Kier molecular flexibility index (Phi) is 12.4. The molecule has 2 heterocycles. The normalized spacial score (nSPS) is 16.2. The number of likely N-dealkylation sites (N-methyl/N-ethyl adjacent to an activating group) is 1. The molecule has 0 unspecified atom stereocenters. The van der Waals surface area contributed by atoms with Crippen molar-refractivity contribution in [1.29, 1.82) is 0 Å². The van der Waals surface area contributed by atoms with E-state index in [-0.39, 0.29) is 40.8 Å². The molecule has 278 valence electrons. The van der Waals surface area contributed by atoms with Gasteiger partial charge in [-0.2, -0.15) is 0 Å². The average molecular weight is 755 g/mol. The van der Waals surface area contributed by atoms with Gasteiger partial charge in [0, 0.05) is 35.0 Å². The summed E-state index contributed by atoms with van der Waals surface area (Å²) in [5.74, 6) is 1.71. The largest absolute Gasteiger partial charge is 0.496 e. The fourth-order valence-electron chi connectivity index (χ4n) is 5.71. The number of nitrogens with one attached hydrogen (secondary N) is 4. The van der Waals surface area contributed by atoms with E-state index in [1.165, 1.54) is 19.2 Å². The number of benzene rings is 4. The Balaban J connectivity index is 0.000000203. The number of para-hydroxylation sites is 2. The highest BCUT2D eigenvalue weighted by atomic mass is 32.2. The summed E-state index contributed by atoms with van der Waals surface area (Å²) in [6.07, 6.45) is 0.448. The zero-order chi connectivity index (χ0) is 37.3. The van der Waals surface area contributed by atoms with Gasteiger partial charge in [-0.1, -0.05) is 36.4 Å². The Morgan fingerprint density at radius 1 is 0.692 bits per heavy atom. The molecule has 0 aromatic heterocycles. The molecule has 0 aliphatic carbocycles. The van der Waals surface area contributed by atoms with Crippen LogP contribution in [0.15, 0.2) is 94.7 Å². The maximum Gasteiger partial charge on any atom is 0.407 e. The van der Waals surface area contributed by atoms with Crippen LogP contribution in [0.4, 0.5) is 16.2 Å². The van der Waals surface area contributed by atoms with E-state index in [4.69, 9.17) is 23.7 Å². The van der Waals surface area contributed by atoms with Gasteiger partial charge in [0.1, 0.15) is 46.0 Å². The first-order valence-corrected chi connectivity index (χ1v) is 19.4. The van der Waals surface area contributed by atoms with Crippen molar-refractivity contribution in [3.8, 4) is 23.0 Å². The first kappa shape index (κ1) is 38.1. The molecule has 4 aromatic rings. The van der Waals surface area contributed by atoms with Gasteiger partial charge >= 0.3 is 6.09 Å². The number of amides is 1. The van der Waals surface area contributed by atoms with Crippen molar-refractivity contribution < 1.29 is 45.3 Å². The van der Waals surface area contributed by atoms with E-state index in [2.05, 4.69) is 20.1 Å². The molecule has 0 fully saturated rings. The van der Waals surface area contributed by atoms with Gasteiger partial charge in [0.25, 0.3) is 20.0 Å². The predicted molar refractivity (Wildman–Crippen MR) is 196 cm³/mol. The minimum Gasteiger partial charge on any atom is -0.496 e. The van der Waals surface area contributed by atoms with E-state index in [9.17, 15) is 21.6 Å². The topological polar surface area (TPSA) is 180 Å². The standard InChI is InChI=1S/C19H22N2O6S.C17H20N2O4S/c1-3-26-19(22)20-14-11-15-16(25-2)9-10-17(18(15)27-12-14)28(23,24)21-13-7-5-4-6-8-13;1-18-13-10-14-15(22-2)8-9-16(17(14)23-11-13)24(20,21)19-12-6-4-3-5-7-12/h4-10,14,21H,3,11-12H2,1-2H3,(H,20,22);3-9,13,18-19H,10-11H2,1-2H3/t14-;13-/m11/s1. The fourth-order valence-corrected chi connectivity index (χ4v) is 8.17. The molecule has 6 rings (SSSR count). The number of anilines is 2. The number of sulfonamides is 2. The van der Waals surface area contributed by atoms with E-state index in [1.807, 2.05) is 13.1 Å². The van der Waals surface area contributed by atoms with Crippen LogP contribution in [0.2, 0.25) is 0 Å². The number of ether oxygens (including phenoxy) is 5. The maximum absolute atomic E-state index is 12.9. The van der Waals surface area contributed by atoms with E-state index in [1.54, 1.807) is 80.8 Å². The summed E-state index contributed by atoms with van der Waals surface area (Å²) in [7, 11) is -2.72. The molecule has 0 radical (unpaired) electrons. The van der Waals surface area contributed by atoms with Crippen molar-refractivity contribution in [3.63, 3.8) is 0 Å². The molecule has 14 nitrogen and oxygen atoms in total. The molecule has 4 aromatic carbocycles. The molecule has 0 saturated carbocycles. The van der Waals surface area contributed by atoms with Crippen LogP contribution in [0.5, 0.6) is 23.0 Å². The first-order valence-electron chi connectivity index (χ1n) is 16.4. The molecule has 4 N–H and O–H groups in total. The third kappa shape index (κ3) is 8.99. The van der Waals surface area contributed by atoms with E-state index in [0.29, 0.717) is 53.6 Å². The minimum atomic E-state index is -3.87. The number of rotatable bonds is 11. The van der Waals surface area contributed by atoms with E-state index < -0.39 is 26.1 Å². The van der Waals surface area contributed by atoms with E-state index >= 15 is 0 Å². The van der Waals surface area contributed by atoms with Crippen LogP contribution in [-0.4, -0.2) is 76.1 Å². The zero-order valence-corrected chi connectivity index (χ0v) is 30.8. The van der Waals surface area contributed by atoms with Gasteiger partial charge < -0.3 is 34.3 Å². The first-order chi connectivity index (χ1) is 25.0. The second-order valence-electron chi connectivity index (χ2n) is 11.7. The van der Waals surface area contributed by atoms with Gasteiger partial charge in [-0.15, -0.1) is 0 Å². The van der Waals surface area contributed by atoms with Crippen molar-refractivity contribution in [2.75, 3.05) is 50.5 Å². The molecule has 1 amide bonds. The van der Waals surface area contributed by atoms with Crippen molar-refractivity contribution in [1.82, 2.24) is 10.6 Å². The van der Waals surface area contributed by atoms with Gasteiger partial charge in [-0.25, -0.2) is 21.6 Å². The Bertz CT molecular complexity index is 2070. The highest BCUT2D eigenvalue weighted by Gasteiger charge is 2.32. The third-order valence-corrected chi connectivity index (χ3v) is 11.0. The SMILES string of the molecule is CCOC(=O)N[C@H]1COc2c(S(=O)(=O)Nc3ccccc3)ccc(OC)c2C1.CN[C@H]1COc2c(S(=O)(=O)Nc3ccccc3)ccc(OC)c2C1. The van der Waals surface area contributed by atoms with Gasteiger partial charge in [0.05, 0.1) is 26.9 Å². The van der Waals surface area contributed by atoms with Gasteiger partial charge in [-0.3, -0.25) is 9.44 Å². The highest BCUT2D eigenvalue weighted by Crippen LogP contribution is 2.40. The molecule has 2 aliphatic rings. The molecule has 52 heavy (non-hydrogen) atoms. The van der Waals surface area contributed by atoms with Crippen LogP contribution in [0, 0.1) is 0 Å². The molecule has 0 bridgehead atoms. The summed E-state index contributed by atoms with van der Waals surface area (Å²) in [5, 5.41) is 5.85. The van der Waals surface area contributed by atoms with Crippen LogP contribution >= 0.6 is 0 Å². The zero-order valence-electron chi connectivity index (χ0n) is 29.2. The van der Waals surface area contributed by atoms with Crippen molar-refractivity contribution in [2.24, 2.45) is 0 Å². The van der Waals surface area contributed by atoms with Gasteiger partial charge in [-0.05, 0) is 68.9 Å². The average Bonchev–Trinajstić information content (AvgIpc) is 3.14. The van der Waals surface area contributed by atoms with Crippen molar-refractivity contribution in [2.45, 2.75) is 41.6 Å². The van der Waals surface area contributed by atoms with E-state index in [0.717, 1.165) is 5.56 Å². The van der Waals surface area contributed by atoms with Gasteiger partial charge in [0.15, 0.2) is 0 Å². The number of carbonyl (C=O) groups is 1. The van der Waals surface area contributed by atoms with Crippen LogP contribution in [0.25, 0.3) is 0 Å². The lowest BCUT2D eigenvalue weighted by Crippen LogP contribution is -2.43. The molecule has 2 aliphatic heterocycles. The Hall–Kier alpha value is -5.19. The minimum absolute atomic E-state index is 0.0155. The Morgan fingerprint density at radius 2 is 1.13 bits per heavy atom. The maximum atomic E-state index is 12.9. The summed E-state index contributed by atoms with van der Waals surface area (Å²) < 4.78 is 83.6. The Labute approximate surface area is 303 Å². The molecular weight excluding hydrogens is 713 g/mol. The number of alkyl carbamates (subject to hydrolysis) is 1.